The highest BCUT2D eigenvalue weighted by Crippen LogP contribution is 2.31. The number of carbonyl (C=O) groups is 3. The molecule has 2 aromatic rings. The molecule has 2 aromatic carbocycles. The van der Waals surface area contributed by atoms with Crippen molar-refractivity contribution in [2.45, 2.75) is 17.0 Å². The Morgan fingerprint density at radius 1 is 1.27 bits per heavy atom. The molecule has 8 nitrogen and oxygen atoms in total. The predicted octanol–water partition coefficient (Wildman–Crippen LogP) is 0.776. The first-order valence-corrected chi connectivity index (χ1v) is 10.8. The molecule has 0 fully saturated rings. The van der Waals surface area contributed by atoms with Crippen molar-refractivity contribution >= 4 is 29.0 Å². The molecular formula is C21H23N3O5S. The molecule has 2 unspecified atom stereocenters. The van der Waals surface area contributed by atoms with E-state index in [4.69, 9.17) is 4.74 Å². The van der Waals surface area contributed by atoms with Gasteiger partial charge >= 0.3 is 0 Å². The Hall–Kier alpha value is -3.04. The third-order valence-electron chi connectivity index (χ3n) is 5.31. The van der Waals surface area contributed by atoms with Gasteiger partial charge in [-0.15, -0.1) is 0 Å². The maximum Gasteiger partial charge on any atom is 0.254 e. The Bertz CT molecular complexity index is 1010. The van der Waals surface area contributed by atoms with Crippen LogP contribution in [0.1, 0.15) is 21.5 Å². The normalized spacial score (nSPS) is 15.8. The fourth-order valence-electron chi connectivity index (χ4n) is 3.62. The van der Waals surface area contributed by atoms with E-state index in [1.807, 2.05) is 6.07 Å². The molecule has 0 saturated heterocycles. The van der Waals surface area contributed by atoms with Gasteiger partial charge < -0.3 is 15.0 Å². The van der Waals surface area contributed by atoms with Crippen LogP contribution in [0.15, 0.2) is 47.4 Å². The summed E-state index contributed by atoms with van der Waals surface area (Å²) in [5.74, 6) is -0.244. The zero-order chi connectivity index (χ0) is 21.9. The molecule has 0 aromatic heterocycles. The Balaban J connectivity index is 1.99. The van der Waals surface area contributed by atoms with Crippen LogP contribution in [0.3, 0.4) is 0 Å². The molecule has 0 spiro atoms. The third-order valence-corrected chi connectivity index (χ3v) is 6.24. The molecule has 1 aliphatic heterocycles. The number of nitrogens with zero attached hydrogens (tertiary/aromatic N) is 1. The lowest BCUT2D eigenvalue weighted by Gasteiger charge is -2.35. The first-order chi connectivity index (χ1) is 14.4. The number of amides is 3. The summed E-state index contributed by atoms with van der Waals surface area (Å²) in [7, 11) is 1.95. The average molecular weight is 429 g/mol. The second-order valence-electron chi connectivity index (χ2n) is 6.91. The van der Waals surface area contributed by atoms with Crippen LogP contribution in [0.25, 0.3) is 0 Å². The van der Waals surface area contributed by atoms with Gasteiger partial charge in [-0.2, -0.15) is 0 Å². The van der Waals surface area contributed by atoms with Gasteiger partial charge in [-0.25, -0.2) is 0 Å². The first kappa shape index (κ1) is 21.7. The molecule has 0 radical (unpaired) electrons. The molecular weight excluding hydrogens is 406 g/mol. The van der Waals surface area contributed by atoms with Crippen molar-refractivity contribution < 1.29 is 23.3 Å². The number of nitrogens with one attached hydrogen (secondary N) is 2. The molecule has 0 saturated carbocycles. The topological polar surface area (TPSA) is 105 Å². The number of rotatable bonds is 8. The number of carbonyl (C=O) groups excluding carboxylic acids is 3. The number of methoxy groups -OCH3 is 1. The number of ether oxygens (including phenoxy) is 1. The summed E-state index contributed by atoms with van der Waals surface area (Å²) in [4.78, 5) is 39.1. The number of hydrogen-bond donors (Lipinski definition) is 2. The maximum absolute atomic E-state index is 13.0. The maximum atomic E-state index is 13.0. The Morgan fingerprint density at radius 2 is 1.97 bits per heavy atom. The molecule has 2 N–H and O–H groups in total. The smallest absolute Gasteiger partial charge is 0.254 e. The number of fused-ring (bicyclic) bond motifs is 1. The Kier molecular flexibility index (Phi) is 6.33. The van der Waals surface area contributed by atoms with Crippen molar-refractivity contribution in [3.8, 4) is 5.75 Å². The van der Waals surface area contributed by atoms with Gasteiger partial charge in [-0.05, 0) is 42.4 Å². The largest absolute Gasteiger partial charge is 0.497 e. The molecule has 0 bridgehead atoms. The number of imide groups is 1. The van der Waals surface area contributed by atoms with E-state index >= 15 is 0 Å². The summed E-state index contributed by atoms with van der Waals surface area (Å²) >= 11 is 0. The van der Waals surface area contributed by atoms with Gasteiger partial charge in [-0.3, -0.25) is 23.9 Å². The molecule has 3 amide bonds. The molecule has 0 aliphatic carbocycles. The number of likely N-dealkylation sites (N-methyl/N-ethyl adjacent to an activating group) is 1. The van der Waals surface area contributed by atoms with E-state index < -0.39 is 22.2 Å². The van der Waals surface area contributed by atoms with Crippen LogP contribution in [-0.2, 0) is 32.5 Å². The van der Waals surface area contributed by atoms with Crippen LogP contribution >= 0.6 is 0 Å². The molecule has 1 heterocycles. The van der Waals surface area contributed by atoms with Crippen LogP contribution in [0.4, 0.5) is 0 Å². The van der Waals surface area contributed by atoms with E-state index in [0.717, 1.165) is 5.56 Å². The van der Waals surface area contributed by atoms with Gasteiger partial charge in [-0.1, -0.05) is 18.2 Å². The Labute approximate surface area is 177 Å². The average Bonchev–Trinajstić information content (AvgIpc) is 3.06. The first-order valence-electron chi connectivity index (χ1n) is 9.20. The highest BCUT2D eigenvalue weighted by Gasteiger charge is 2.43. The lowest BCUT2D eigenvalue weighted by Crippen LogP contribution is -2.59. The van der Waals surface area contributed by atoms with E-state index in [-0.39, 0.29) is 12.5 Å². The second-order valence-corrected chi connectivity index (χ2v) is 8.29. The molecule has 9 heteroatoms. The van der Waals surface area contributed by atoms with Crippen molar-refractivity contribution in [3.63, 3.8) is 0 Å². The fourth-order valence-corrected chi connectivity index (χ4v) is 4.14. The molecule has 1 aliphatic rings. The summed E-state index contributed by atoms with van der Waals surface area (Å²) in [5.41, 5.74) is 0.515. The van der Waals surface area contributed by atoms with Gasteiger partial charge in [0.15, 0.2) is 0 Å². The van der Waals surface area contributed by atoms with Gasteiger partial charge in [0.2, 0.25) is 6.41 Å². The van der Waals surface area contributed by atoms with Crippen molar-refractivity contribution in [3.05, 3.63) is 59.2 Å². The van der Waals surface area contributed by atoms with E-state index in [1.165, 1.54) is 7.11 Å². The Morgan fingerprint density at radius 3 is 2.53 bits per heavy atom. The summed E-state index contributed by atoms with van der Waals surface area (Å²) in [6, 6.07) is 12.0. The predicted molar refractivity (Wildman–Crippen MR) is 111 cm³/mol. The summed E-state index contributed by atoms with van der Waals surface area (Å²) < 4.78 is 16.9. The highest BCUT2D eigenvalue weighted by atomic mass is 32.2. The van der Waals surface area contributed by atoms with E-state index in [9.17, 15) is 18.6 Å². The number of hydrogen-bond acceptors (Lipinski definition) is 6. The third kappa shape index (κ3) is 3.86. The highest BCUT2D eigenvalue weighted by molar-refractivity contribution is 7.84. The molecule has 158 valence electrons. The summed E-state index contributed by atoms with van der Waals surface area (Å²) in [5, 5.41) is 5.20. The van der Waals surface area contributed by atoms with Crippen LogP contribution < -0.4 is 15.4 Å². The molecule has 3 rings (SSSR count). The quantitative estimate of drug-likeness (QED) is 0.601. The zero-order valence-corrected chi connectivity index (χ0v) is 17.7. The monoisotopic (exact) mass is 429 g/mol. The zero-order valence-electron chi connectivity index (χ0n) is 16.9. The van der Waals surface area contributed by atoms with Crippen molar-refractivity contribution in [1.29, 1.82) is 0 Å². The summed E-state index contributed by atoms with van der Waals surface area (Å²) in [6.07, 6.45) is 1.88. The van der Waals surface area contributed by atoms with E-state index in [0.29, 0.717) is 34.7 Å². The van der Waals surface area contributed by atoms with Gasteiger partial charge in [0.25, 0.3) is 11.8 Å². The van der Waals surface area contributed by atoms with E-state index in [1.54, 1.807) is 54.6 Å². The van der Waals surface area contributed by atoms with Crippen LogP contribution in [0.5, 0.6) is 5.75 Å². The fraction of sp³-hybridized carbons (Fsp3) is 0.286. The van der Waals surface area contributed by atoms with Crippen molar-refractivity contribution in [2.75, 3.05) is 27.0 Å². The lowest BCUT2D eigenvalue weighted by molar-refractivity contribution is -0.131. The lowest BCUT2D eigenvalue weighted by atomic mass is 9.88. The minimum atomic E-state index is -1.38. The minimum Gasteiger partial charge on any atom is -0.497 e. The van der Waals surface area contributed by atoms with Crippen LogP contribution in [-0.4, -0.2) is 54.3 Å². The van der Waals surface area contributed by atoms with Gasteiger partial charge in [0.1, 0.15) is 11.3 Å². The SMILES string of the molecule is CNC(CN1Cc2ccc(OC)cc2C1=O)(C(=O)NC=O)c1ccc(S(C)=O)cc1. The standard InChI is InChI=1S/C21H23N3O5S/c1-22-21(20(27)23-13-25,15-5-8-17(9-6-15)30(3)28)12-24-11-14-4-7-16(29-2)10-18(14)19(24)26/h4-10,13,22H,11-12H2,1-3H3,(H,23,25,27). The minimum absolute atomic E-state index is 0.00639. The van der Waals surface area contributed by atoms with Crippen LogP contribution in [0, 0.1) is 0 Å². The van der Waals surface area contributed by atoms with Gasteiger partial charge in [0, 0.05) is 34.1 Å². The summed E-state index contributed by atoms with van der Waals surface area (Å²) in [6.45, 7) is 0.320. The van der Waals surface area contributed by atoms with Gasteiger partial charge in [0.05, 0.1) is 13.7 Å². The number of benzene rings is 2. The second kappa shape index (κ2) is 8.76. The van der Waals surface area contributed by atoms with E-state index in [2.05, 4.69) is 10.6 Å². The van der Waals surface area contributed by atoms with Crippen molar-refractivity contribution in [1.82, 2.24) is 15.5 Å². The van der Waals surface area contributed by atoms with Crippen molar-refractivity contribution in [2.24, 2.45) is 0 Å². The molecule has 30 heavy (non-hydrogen) atoms. The molecule has 2 atom stereocenters. The van der Waals surface area contributed by atoms with Crippen LogP contribution in [0.2, 0.25) is 0 Å².